The van der Waals surface area contributed by atoms with Gasteiger partial charge in [0.05, 0.1) is 30.4 Å². The number of methoxy groups -OCH3 is 1. The van der Waals surface area contributed by atoms with E-state index in [9.17, 15) is 9.59 Å². The monoisotopic (exact) mass is 458 g/mol. The Bertz CT molecular complexity index is 1390. The molecule has 2 amide bonds. The predicted molar refractivity (Wildman–Crippen MR) is 129 cm³/mol. The molecule has 4 aromatic rings. The maximum absolute atomic E-state index is 13.3. The summed E-state index contributed by atoms with van der Waals surface area (Å²) >= 11 is 0. The van der Waals surface area contributed by atoms with Crippen molar-refractivity contribution in [3.63, 3.8) is 0 Å². The molecule has 2 aromatic heterocycles. The molecule has 0 saturated carbocycles. The topological polar surface area (TPSA) is 105 Å². The second-order valence-corrected chi connectivity index (χ2v) is 8.68. The first kappa shape index (κ1) is 21.7. The first-order chi connectivity index (χ1) is 16.4. The number of aryl methyl sites for hydroxylation is 2. The fraction of sp³-hybridized carbons (Fsp3) is 0.280. The lowest BCUT2D eigenvalue weighted by Crippen LogP contribution is -2.49. The van der Waals surface area contributed by atoms with Crippen LogP contribution in [0.3, 0.4) is 0 Å². The van der Waals surface area contributed by atoms with Crippen LogP contribution in [0.4, 0.5) is 5.69 Å². The quantitative estimate of drug-likeness (QED) is 0.474. The average Bonchev–Trinajstić information content (AvgIpc) is 3.40. The SMILES string of the molecule is COc1cc2[nH]nc(-c3cnn(C4CN(C(C)=O)C4)c3)c2cc1C(=O)Nc1c(C)cccc1C. The van der Waals surface area contributed by atoms with Gasteiger partial charge in [-0.25, -0.2) is 0 Å². The molecule has 2 N–H and O–H groups in total. The molecule has 174 valence electrons. The van der Waals surface area contributed by atoms with E-state index in [2.05, 4.69) is 20.6 Å². The van der Waals surface area contributed by atoms with Gasteiger partial charge in [-0.3, -0.25) is 19.4 Å². The number of likely N-dealkylation sites (tertiary alicyclic amines) is 1. The number of fused-ring (bicyclic) bond motifs is 1. The number of hydrogen-bond acceptors (Lipinski definition) is 5. The van der Waals surface area contributed by atoms with Crippen LogP contribution in [0.15, 0.2) is 42.7 Å². The molecular formula is C25H26N6O3. The molecule has 1 fully saturated rings. The number of benzene rings is 2. The second-order valence-electron chi connectivity index (χ2n) is 8.68. The summed E-state index contributed by atoms with van der Waals surface area (Å²) in [4.78, 5) is 26.5. The highest BCUT2D eigenvalue weighted by Gasteiger charge is 2.30. The Hall–Kier alpha value is -4.14. The third-order valence-corrected chi connectivity index (χ3v) is 6.40. The van der Waals surface area contributed by atoms with Crippen molar-refractivity contribution in [1.29, 1.82) is 0 Å². The molecule has 34 heavy (non-hydrogen) atoms. The van der Waals surface area contributed by atoms with Gasteiger partial charge in [-0.05, 0) is 31.0 Å². The number of H-pyrrole nitrogens is 1. The van der Waals surface area contributed by atoms with E-state index in [0.717, 1.165) is 33.3 Å². The fourth-order valence-corrected chi connectivity index (χ4v) is 4.34. The number of para-hydroxylation sites is 1. The first-order valence-electron chi connectivity index (χ1n) is 11.1. The van der Waals surface area contributed by atoms with Gasteiger partial charge in [-0.1, -0.05) is 18.2 Å². The molecule has 5 rings (SSSR count). The Kier molecular flexibility index (Phi) is 5.31. The first-order valence-corrected chi connectivity index (χ1v) is 11.1. The van der Waals surface area contributed by atoms with Crippen LogP contribution in [-0.2, 0) is 4.79 Å². The minimum atomic E-state index is -0.252. The van der Waals surface area contributed by atoms with Gasteiger partial charge in [0.15, 0.2) is 0 Å². The normalized spacial score (nSPS) is 13.7. The molecule has 0 atom stereocenters. The summed E-state index contributed by atoms with van der Waals surface area (Å²) < 4.78 is 7.39. The van der Waals surface area contributed by atoms with E-state index in [-0.39, 0.29) is 17.9 Å². The molecule has 0 radical (unpaired) electrons. The maximum Gasteiger partial charge on any atom is 0.259 e. The van der Waals surface area contributed by atoms with Crippen LogP contribution in [0.2, 0.25) is 0 Å². The van der Waals surface area contributed by atoms with Gasteiger partial charge in [0.1, 0.15) is 11.4 Å². The zero-order chi connectivity index (χ0) is 24.0. The predicted octanol–water partition coefficient (Wildman–Crippen LogP) is 3.71. The molecule has 9 nitrogen and oxygen atoms in total. The van der Waals surface area contributed by atoms with Crippen molar-refractivity contribution in [2.45, 2.75) is 26.8 Å². The van der Waals surface area contributed by atoms with Crippen molar-refractivity contribution in [3.05, 3.63) is 59.4 Å². The Labute approximate surface area is 196 Å². The van der Waals surface area contributed by atoms with E-state index >= 15 is 0 Å². The van der Waals surface area contributed by atoms with Crippen molar-refractivity contribution in [1.82, 2.24) is 24.9 Å². The van der Waals surface area contributed by atoms with Gasteiger partial charge in [-0.15, -0.1) is 0 Å². The molecule has 0 unspecified atom stereocenters. The summed E-state index contributed by atoms with van der Waals surface area (Å²) in [5.74, 6) is 0.279. The summed E-state index contributed by atoms with van der Waals surface area (Å²) in [6.07, 6.45) is 3.69. The molecule has 0 aliphatic carbocycles. The van der Waals surface area contributed by atoms with Crippen molar-refractivity contribution in [2.75, 3.05) is 25.5 Å². The summed E-state index contributed by atoms with van der Waals surface area (Å²) in [6, 6.07) is 9.63. The van der Waals surface area contributed by atoms with E-state index in [1.165, 1.54) is 0 Å². The molecule has 9 heteroatoms. The van der Waals surface area contributed by atoms with Gasteiger partial charge in [0.25, 0.3) is 5.91 Å². The summed E-state index contributed by atoms with van der Waals surface area (Å²) in [7, 11) is 1.54. The molecule has 3 heterocycles. The Morgan fingerprint density at radius 2 is 1.91 bits per heavy atom. The van der Waals surface area contributed by atoms with E-state index in [1.54, 1.807) is 37.3 Å². The number of aromatic nitrogens is 4. The molecule has 2 aromatic carbocycles. The Balaban J connectivity index is 1.47. The van der Waals surface area contributed by atoms with E-state index in [0.29, 0.717) is 30.1 Å². The zero-order valence-electron chi connectivity index (χ0n) is 19.5. The Morgan fingerprint density at radius 3 is 2.59 bits per heavy atom. The number of hydrogen-bond donors (Lipinski definition) is 2. The lowest BCUT2D eigenvalue weighted by atomic mass is 10.0. The number of carbonyl (C=O) groups excluding carboxylic acids is 2. The molecule has 1 aliphatic heterocycles. The van der Waals surface area contributed by atoms with Gasteiger partial charge >= 0.3 is 0 Å². The highest BCUT2D eigenvalue weighted by atomic mass is 16.5. The van der Waals surface area contributed by atoms with Crippen LogP contribution in [0.5, 0.6) is 5.75 Å². The molecule has 1 aliphatic rings. The standard InChI is InChI=1S/C25H26N6O3/c1-14-6-5-7-15(2)23(14)27-25(33)20-8-19-21(9-22(20)34-4)28-29-24(19)17-10-26-31(11-17)18-12-30(13-18)16(3)32/h5-11,18H,12-13H2,1-4H3,(H,27,33)(H,28,29). The fourth-order valence-electron chi connectivity index (χ4n) is 4.34. The van der Waals surface area contributed by atoms with Crippen LogP contribution in [-0.4, -0.2) is 56.9 Å². The molecule has 0 bridgehead atoms. The van der Waals surface area contributed by atoms with Crippen LogP contribution in [0.1, 0.15) is 34.5 Å². The van der Waals surface area contributed by atoms with E-state index in [4.69, 9.17) is 4.74 Å². The number of carbonyl (C=O) groups is 2. The number of nitrogens with one attached hydrogen (secondary N) is 2. The second kappa shape index (κ2) is 8.33. The Morgan fingerprint density at radius 1 is 1.18 bits per heavy atom. The number of rotatable bonds is 5. The van der Waals surface area contributed by atoms with Crippen LogP contribution < -0.4 is 10.1 Å². The molecular weight excluding hydrogens is 432 g/mol. The van der Waals surface area contributed by atoms with Gasteiger partial charge < -0.3 is 15.0 Å². The highest BCUT2D eigenvalue weighted by Crippen LogP contribution is 2.33. The minimum Gasteiger partial charge on any atom is -0.496 e. The molecule has 1 saturated heterocycles. The summed E-state index contributed by atoms with van der Waals surface area (Å²) in [5, 5.41) is 15.8. The summed E-state index contributed by atoms with van der Waals surface area (Å²) in [5.41, 5.74) is 5.49. The highest BCUT2D eigenvalue weighted by molar-refractivity contribution is 6.10. The number of ether oxygens (including phenoxy) is 1. The number of amides is 2. The zero-order valence-corrected chi connectivity index (χ0v) is 19.5. The lowest BCUT2D eigenvalue weighted by molar-refractivity contribution is -0.134. The average molecular weight is 459 g/mol. The minimum absolute atomic E-state index is 0.0718. The number of nitrogens with zero attached hydrogens (tertiary/aromatic N) is 4. The van der Waals surface area contributed by atoms with Gasteiger partial charge in [-0.2, -0.15) is 10.2 Å². The third-order valence-electron chi connectivity index (χ3n) is 6.40. The van der Waals surface area contributed by atoms with Crippen LogP contribution >= 0.6 is 0 Å². The van der Waals surface area contributed by atoms with E-state index in [1.807, 2.05) is 42.9 Å². The third kappa shape index (κ3) is 3.68. The largest absolute Gasteiger partial charge is 0.496 e. The van der Waals surface area contributed by atoms with Gasteiger partial charge in [0.2, 0.25) is 5.91 Å². The van der Waals surface area contributed by atoms with E-state index < -0.39 is 0 Å². The smallest absolute Gasteiger partial charge is 0.259 e. The molecule has 0 spiro atoms. The van der Waals surface area contributed by atoms with Crippen molar-refractivity contribution >= 4 is 28.4 Å². The van der Waals surface area contributed by atoms with Crippen molar-refractivity contribution in [2.24, 2.45) is 0 Å². The van der Waals surface area contributed by atoms with Crippen LogP contribution in [0.25, 0.3) is 22.2 Å². The van der Waals surface area contributed by atoms with Crippen molar-refractivity contribution in [3.8, 4) is 17.0 Å². The lowest BCUT2D eigenvalue weighted by Gasteiger charge is -2.38. The van der Waals surface area contributed by atoms with Gasteiger partial charge in [0, 0.05) is 48.9 Å². The van der Waals surface area contributed by atoms with Crippen LogP contribution in [0, 0.1) is 13.8 Å². The van der Waals surface area contributed by atoms with Crippen molar-refractivity contribution < 1.29 is 14.3 Å². The summed E-state index contributed by atoms with van der Waals surface area (Å²) in [6.45, 7) is 6.80. The maximum atomic E-state index is 13.3. The number of anilines is 1. The number of aromatic amines is 1.